The number of urea groups is 1. The second-order valence-corrected chi connectivity index (χ2v) is 5.06. The van der Waals surface area contributed by atoms with Gasteiger partial charge in [-0.25, -0.2) is 4.79 Å². The fourth-order valence-corrected chi connectivity index (χ4v) is 2.27. The molecule has 0 radical (unpaired) electrons. The number of aliphatic hydroxyl groups excluding tert-OH is 1. The largest absolute Gasteiger partial charge is 0.396 e. The van der Waals surface area contributed by atoms with Crippen LogP contribution in [-0.2, 0) is 4.79 Å². The van der Waals surface area contributed by atoms with Crippen molar-refractivity contribution in [3.05, 3.63) is 0 Å². The molecule has 0 bridgehead atoms. The summed E-state index contributed by atoms with van der Waals surface area (Å²) in [7, 11) is 0. The molecular formula is C13H25N3O3. The Kier molecular flexibility index (Phi) is 7.43. The Balaban J connectivity index is 2.15. The van der Waals surface area contributed by atoms with Crippen LogP contribution < -0.4 is 10.6 Å². The summed E-state index contributed by atoms with van der Waals surface area (Å²) in [6.07, 6.45) is 3.72. The normalized spacial score (nSPS) is 19.4. The van der Waals surface area contributed by atoms with Crippen LogP contribution in [0.5, 0.6) is 0 Å². The lowest BCUT2D eigenvalue weighted by atomic mass is 10.1. The molecule has 0 aliphatic carbocycles. The molecule has 6 nitrogen and oxygen atoms in total. The second-order valence-electron chi connectivity index (χ2n) is 5.06. The van der Waals surface area contributed by atoms with E-state index in [-0.39, 0.29) is 19.1 Å². The zero-order valence-corrected chi connectivity index (χ0v) is 11.7. The van der Waals surface area contributed by atoms with E-state index in [2.05, 4.69) is 10.6 Å². The number of aliphatic hydroxyl groups is 1. The summed E-state index contributed by atoms with van der Waals surface area (Å²) in [5.74, 6) is 0.204. The van der Waals surface area contributed by atoms with Crippen molar-refractivity contribution < 1.29 is 14.7 Å². The first-order chi connectivity index (χ1) is 9.15. The first-order valence-corrected chi connectivity index (χ1v) is 7.06. The number of nitrogens with one attached hydrogen (secondary N) is 2. The Morgan fingerprint density at radius 1 is 1.42 bits per heavy atom. The number of carbonyl (C=O) groups is 2. The monoisotopic (exact) mass is 271 g/mol. The molecule has 1 rings (SSSR count). The maximum Gasteiger partial charge on any atom is 0.321 e. The van der Waals surface area contributed by atoms with Gasteiger partial charge in [-0.3, -0.25) is 15.0 Å². The van der Waals surface area contributed by atoms with Gasteiger partial charge in [0.2, 0.25) is 5.91 Å². The molecule has 1 heterocycles. The molecule has 3 N–H and O–H groups in total. The first-order valence-electron chi connectivity index (χ1n) is 7.06. The molecule has 0 aromatic heterocycles. The van der Waals surface area contributed by atoms with Gasteiger partial charge in [-0.05, 0) is 31.7 Å². The van der Waals surface area contributed by atoms with E-state index in [1.54, 1.807) is 0 Å². The molecule has 6 heteroatoms. The molecule has 1 saturated heterocycles. The third-order valence-corrected chi connectivity index (χ3v) is 3.34. The minimum absolute atomic E-state index is 0.199. The van der Waals surface area contributed by atoms with Crippen LogP contribution in [0.25, 0.3) is 0 Å². The number of imide groups is 1. The Morgan fingerprint density at radius 3 is 2.89 bits per heavy atom. The van der Waals surface area contributed by atoms with Crippen LogP contribution >= 0.6 is 0 Å². The van der Waals surface area contributed by atoms with Crippen LogP contribution in [0.1, 0.15) is 32.6 Å². The van der Waals surface area contributed by atoms with Crippen molar-refractivity contribution in [2.75, 3.05) is 32.8 Å². The molecule has 1 unspecified atom stereocenters. The van der Waals surface area contributed by atoms with E-state index in [9.17, 15) is 9.59 Å². The van der Waals surface area contributed by atoms with Crippen molar-refractivity contribution in [1.29, 1.82) is 0 Å². The Hall–Kier alpha value is -1.14. The zero-order chi connectivity index (χ0) is 14.1. The van der Waals surface area contributed by atoms with E-state index in [1.807, 2.05) is 11.8 Å². The molecule has 1 atom stereocenters. The van der Waals surface area contributed by atoms with Crippen LogP contribution in [0.3, 0.4) is 0 Å². The van der Waals surface area contributed by atoms with Gasteiger partial charge in [-0.1, -0.05) is 13.3 Å². The average Bonchev–Trinajstić information content (AvgIpc) is 2.77. The van der Waals surface area contributed by atoms with Crippen molar-refractivity contribution in [2.45, 2.75) is 32.6 Å². The molecule has 19 heavy (non-hydrogen) atoms. The third kappa shape index (κ3) is 6.54. The summed E-state index contributed by atoms with van der Waals surface area (Å²) >= 11 is 0. The molecule has 1 aliphatic rings. The molecule has 0 saturated carbocycles. The van der Waals surface area contributed by atoms with Gasteiger partial charge in [0, 0.05) is 19.7 Å². The third-order valence-electron chi connectivity index (χ3n) is 3.34. The summed E-state index contributed by atoms with van der Waals surface area (Å²) in [5.41, 5.74) is 0. The van der Waals surface area contributed by atoms with Gasteiger partial charge in [0.05, 0.1) is 6.54 Å². The lowest BCUT2D eigenvalue weighted by Crippen LogP contribution is -2.44. The van der Waals surface area contributed by atoms with Crippen molar-refractivity contribution >= 4 is 11.9 Å². The topological polar surface area (TPSA) is 81.7 Å². The minimum atomic E-state index is -0.412. The molecule has 0 aromatic rings. The van der Waals surface area contributed by atoms with Gasteiger partial charge in [-0.2, -0.15) is 0 Å². The smallest absolute Gasteiger partial charge is 0.321 e. The molecule has 3 amide bonds. The van der Waals surface area contributed by atoms with Crippen LogP contribution in [0.15, 0.2) is 0 Å². The highest BCUT2D eigenvalue weighted by Gasteiger charge is 2.23. The standard InChI is InChI=1S/C13H25N3O3/c1-2-3-6-14-13(19)15-12(18)10-16-7-4-11(9-16)5-8-17/h11,17H,2-10H2,1H3,(H2,14,15,18,19). The lowest BCUT2D eigenvalue weighted by Gasteiger charge is -2.15. The molecule has 1 fully saturated rings. The van der Waals surface area contributed by atoms with E-state index in [4.69, 9.17) is 5.11 Å². The number of unbranched alkanes of at least 4 members (excludes halogenated alkanes) is 1. The fraction of sp³-hybridized carbons (Fsp3) is 0.846. The maximum absolute atomic E-state index is 11.6. The highest BCUT2D eigenvalue weighted by atomic mass is 16.3. The quantitative estimate of drug-likeness (QED) is 0.582. The number of likely N-dealkylation sites (tertiary alicyclic amines) is 1. The molecule has 0 aromatic carbocycles. The van der Waals surface area contributed by atoms with Crippen LogP contribution in [-0.4, -0.2) is 54.7 Å². The highest BCUT2D eigenvalue weighted by molar-refractivity contribution is 5.95. The number of amides is 3. The fourth-order valence-electron chi connectivity index (χ4n) is 2.27. The number of nitrogens with zero attached hydrogens (tertiary/aromatic N) is 1. The Labute approximate surface area is 114 Å². The summed E-state index contributed by atoms with van der Waals surface area (Å²) in [6.45, 7) is 4.77. The number of hydrogen-bond donors (Lipinski definition) is 3. The van der Waals surface area contributed by atoms with Gasteiger partial charge >= 0.3 is 6.03 Å². The molecular weight excluding hydrogens is 246 g/mol. The zero-order valence-electron chi connectivity index (χ0n) is 11.7. The van der Waals surface area contributed by atoms with Crippen LogP contribution in [0.4, 0.5) is 4.79 Å². The van der Waals surface area contributed by atoms with Gasteiger partial charge in [0.1, 0.15) is 0 Å². The number of hydrogen-bond acceptors (Lipinski definition) is 4. The average molecular weight is 271 g/mol. The van der Waals surface area contributed by atoms with Crippen molar-refractivity contribution in [3.8, 4) is 0 Å². The lowest BCUT2D eigenvalue weighted by molar-refractivity contribution is -0.120. The van der Waals surface area contributed by atoms with Crippen LogP contribution in [0.2, 0.25) is 0 Å². The van der Waals surface area contributed by atoms with Gasteiger partial charge in [-0.15, -0.1) is 0 Å². The van der Waals surface area contributed by atoms with Gasteiger partial charge in [0.15, 0.2) is 0 Å². The summed E-state index contributed by atoms with van der Waals surface area (Å²) in [4.78, 5) is 25.0. The molecule has 1 aliphatic heterocycles. The summed E-state index contributed by atoms with van der Waals surface area (Å²) in [5, 5.41) is 13.8. The van der Waals surface area contributed by atoms with E-state index >= 15 is 0 Å². The predicted octanol–water partition coefficient (Wildman–Crippen LogP) is 0.317. The SMILES string of the molecule is CCCCNC(=O)NC(=O)CN1CCC(CCO)C1. The Morgan fingerprint density at radius 2 is 2.21 bits per heavy atom. The first kappa shape index (κ1) is 15.9. The van der Waals surface area contributed by atoms with Gasteiger partial charge in [0.25, 0.3) is 0 Å². The summed E-state index contributed by atoms with van der Waals surface area (Å²) in [6, 6.07) is -0.412. The molecule has 110 valence electrons. The maximum atomic E-state index is 11.6. The van der Waals surface area contributed by atoms with Crippen molar-refractivity contribution in [2.24, 2.45) is 5.92 Å². The van der Waals surface area contributed by atoms with Crippen molar-refractivity contribution in [1.82, 2.24) is 15.5 Å². The highest BCUT2D eigenvalue weighted by Crippen LogP contribution is 2.18. The van der Waals surface area contributed by atoms with Crippen LogP contribution in [0, 0.1) is 5.92 Å². The van der Waals surface area contributed by atoms with E-state index < -0.39 is 6.03 Å². The van der Waals surface area contributed by atoms with Gasteiger partial charge < -0.3 is 10.4 Å². The van der Waals surface area contributed by atoms with E-state index in [1.165, 1.54) is 0 Å². The Bertz CT molecular complexity index is 297. The molecule has 0 spiro atoms. The predicted molar refractivity (Wildman–Crippen MR) is 72.7 cm³/mol. The number of carbonyl (C=O) groups excluding carboxylic acids is 2. The summed E-state index contributed by atoms with van der Waals surface area (Å²) < 4.78 is 0. The van der Waals surface area contributed by atoms with Crippen molar-refractivity contribution in [3.63, 3.8) is 0 Å². The minimum Gasteiger partial charge on any atom is -0.396 e. The van der Waals surface area contributed by atoms with E-state index in [0.29, 0.717) is 12.5 Å². The number of rotatable bonds is 7. The second kappa shape index (κ2) is 8.87. The van der Waals surface area contributed by atoms with E-state index in [0.717, 1.165) is 38.8 Å².